The Morgan fingerprint density at radius 1 is 1.18 bits per heavy atom. The van der Waals surface area contributed by atoms with Gasteiger partial charge in [0.25, 0.3) is 11.5 Å². The highest BCUT2D eigenvalue weighted by molar-refractivity contribution is 7.07. The number of thiazole rings is 1. The van der Waals surface area contributed by atoms with Crippen molar-refractivity contribution in [1.29, 1.82) is 5.26 Å². The fourth-order valence-electron chi connectivity index (χ4n) is 4.19. The molecule has 0 saturated heterocycles. The number of terminal acetylenes is 1. The van der Waals surface area contributed by atoms with Crippen molar-refractivity contribution in [2.75, 3.05) is 35.2 Å². The van der Waals surface area contributed by atoms with Crippen LogP contribution in [0.25, 0.3) is 11.8 Å². The molecule has 0 fully saturated rings. The van der Waals surface area contributed by atoms with Crippen LogP contribution < -0.4 is 35.6 Å². The van der Waals surface area contributed by atoms with Gasteiger partial charge in [-0.3, -0.25) is 19.0 Å². The first kappa shape index (κ1) is 26.3. The lowest BCUT2D eigenvalue weighted by molar-refractivity contribution is -0.116. The average Bonchev–Trinajstić information content (AvgIpc) is 3.47. The summed E-state index contributed by atoms with van der Waals surface area (Å²) in [6.07, 6.45) is 7.63. The van der Waals surface area contributed by atoms with Gasteiger partial charge in [-0.1, -0.05) is 30.2 Å². The smallest absolute Gasteiger partial charge is 0.270 e. The minimum Gasteiger partial charge on any atom is -0.362 e. The summed E-state index contributed by atoms with van der Waals surface area (Å²) in [4.78, 5) is 40.0. The van der Waals surface area contributed by atoms with Gasteiger partial charge in [0.1, 0.15) is 15.3 Å². The molecule has 3 aromatic rings. The molecule has 2 amide bonds. The normalized spacial score (nSPS) is 13.2. The van der Waals surface area contributed by atoms with E-state index in [0.717, 1.165) is 30.0 Å². The molecule has 0 aliphatic carbocycles. The Hall–Kier alpha value is -4.80. The van der Waals surface area contributed by atoms with Crippen LogP contribution in [0.1, 0.15) is 12.5 Å². The van der Waals surface area contributed by atoms with E-state index in [1.54, 1.807) is 31.2 Å². The molecule has 3 N–H and O–H groups in total. The molecule has 2 aromatic carbocycles. The number of benzene rings is 2. The maximum atomic E-state index is 12.9. The van der Waals surface area contributed by atoms with Crippen molar-refractivity contribution in [3.8, 4) is 18.4 Å². The van der Waals surface area contributed by atoms with Crippen molar-refractivity contribution in [1.82, 2.24) is 9.88 Å². The minimum atomic E-state index is -0.630. The Labute approximate surface area is 223 Å². The van der Waals surface area contributed by atoms with Gasteiger partial charge < -0.3 is 20.9 Å². The van der Waals surface area contributed by atoms with Crippen LogP contribution in [0, 0.1) is 23.7 Å². The van der Waals surface area contributed by atoms with E-state index in [4.69, 9.17) is 6.42 Å². The van der Waals surface area contributed by atoms with Gasteiger partial charge in [0.15, 0.2) is 5.57 Å². The molecule has 9 nitrogen and oxygen atoms in total. The Kier molecular flexibility index (Phi) is 8.27. The summed E-state index contributed by atoms with van der Waals surface area (Å²) in [5.74, 6) is 1.53. The minimum absolute atomic E-state index is 0.0233. The Morgan fingerprint density at radius 2 is 1.97 bits per heavy atom. The Balaban J connectivity index is 1.51. The molecule has 0 bridgehead atoms. The third-order valence-electron chi connectivity index (χ3n) is 5.96. The van der Waals surface area contributed by atoms with Gasteiger partial charge in [0, 0.05) is 36.4 Å². The lowest BCUT2D eigenvalue weighted by atomic mass is 10.2. The third-order valence-corrected chi connectivity index (χ3v) is 7.09. The zero-order chi connectivity index (χ0) is 27.1. The number of aromatic nitrogens is 1. The molecule has 1 aromatic heterocycles. The van der Waals surface area contributed by atoms with Crippen LogP contribution in [0.15, 0.2) is 53.3 Å². The molecule has 0 atom stereocenters. The van der Waals surface area contributed by atoms with Gasteiger partial charge in [-0.05, 0) is 43.2 Å². The highest BCUT2D eigenvalue weighted by Gasteiger charge is 2.20. The fourth-order valence-corrected chi connectivity index (χ4v) is 5.27. The van der Waals surface area contributed by atoms with E-state index in [0.29, 0.717) is 15.9 Å². The molecular formula is C28H26N6O3S. The highest BCUT2D eigenvalue weighted by Crippen LogP contribution is 2.27. The lowest BCUT2D eigenvalue weighted by Crippen LogP contribution is -2.34. The maximum Gasteiger partial charge on any atom is 0.270 e. The van der Waals surface area contributed by atoms with Crippen molar-refractivity contribution < 1.29 is 9.59 Å². The van der Waals surface area contributed by atoms with Crippen LogP contribution in [-0.4, -0.2) is 36.0 Å². The predicted molar refractivity (Wildman–Crippen MR) is 150 cm³/mol. The summed E-state index contributed by atoms with van der Waals surface area (Å²) in [7, 11) is 0. The van der Waals surface area contributed by atoms with Crippen LogP contribution in [0.2, 0.25) is 0 Å². The van der Waals surface area contributed by atoms with E-state index in [-0.39, 0.29) is 41.3 Å². The summed E-state index contributed by atoms with van der Waals surface area (Å²) in [5.41, 5.74) is 3.11. The molecule has 2 heterocycles. The number of nitriles is 1. The topological polar surface area (TPSA) is 119 Å². The molecule has 1 aliphatic rings. The second-order valence-corrected chi connectivity index (χ2v) is 9.44. The maximum absolute atomic E-state index is 12.9. The number of para-hydroxylation sites is 1. The molecule has 0 saturated carbocycles. The largest absolute Gasteiger partial charge is 0.362 e. The van der Waals surface area contributed by atoms with Crippen LogP contribution in [0.5, 0.6) is 0 Å². The second-order valence-electron chi connectivity index (χ2n) is 8.41. The molecule has 0 unspecified atom stereocenters. The van der Waals surface area contributed by atoms with Gasteiger partial charge in [0.2, 0.25) is 5.91 Å². The van der Waals surface area contributed by atoms with Crippen molar-refractivity contribution in [3.63, 3.8) is 0 Å². The van der Waals surface area contributed by atoms with Gasteiger partial charge in [0.05, 0.1) is 13.1 Å². The van der Waals surface area contributed by atoms with Gasteiger partial charge in [-0.2, -0.15) is 5.26 Å². The molecule has 4 rings (SSSR count). The first-order chi connectivity index (χ1) is 18.4. The molecule has 10 heteroatoms. The highest BCUT2D eigenvalue weighted by atomic mass is 32.1. The summed E-state index contributed by atoms with van der Waals surface area (Å²) >= 11 is 1.04. The van der Waals surface area contributed by atoms with E-state index >= 15 is 0 Å². The lowest BCUT2D eigenvalue weighted by Gasteiger charge is -2.18. The first-order valence-corrected chi connectivity index (χ1v) is 12.8. The number of nitrogens with one attached hydrogen (secondary N) is 3. The number of amides is 2. The van der Waals surface area contributed by atoms with Crippen LogP contribution in [0.4, 0.5) is 17.1 Å². The standard InChI is InChI=1S/C28H26N6O3S/c1-3-13-30-26(36)22(16-29)28-34(4-2)27(37)24(38-28)17-31-20-9-7-10-21(15-20)32-25(35)18-33-14-12-19-8-5-6-11-23(19)33/h1,5-11,15,17,31H,4,12-14,18H2,2H3,(H,30,36)(H,32,35). The van der Waals surface area contributed by atoms with E-state index in [9.17, 15) is 19.6 Å². The molecular weight excluding hydrogens is 500 g/mol. The number of fused-ring (bicyclic) bond motifs is 1. The number of hydrogen-bond donors (Lipinski definition) is 3. The summed E-state index contributed by atoms with van der Waals surface area (Å²) < 4.78 is 1.95. The SMILES string of the molecule is C#CCNC(=O)C(C#N)=c1sc(=CNc2cccc(NC(=O)CN3CCc4ccccc43)c2)c(=O)n1CC. The van der Waals surface area contributed by atoms with Crippen LogP contribution in [0.3, 0.4) is 0 Å². The predicted octanol–water partition coefficient (Wildman–Crippen LogP) is 1.20. The van der Waals surface area contributed by atoms with Crippen molar-refractivity contribution >= 4 is 52.0 Å². The van der Waals surface area contributed by atoms with E-state index in [1.807, 2.05) is 24.3 Å². The quantitative estimate of drug-likeness (QED) is 0.380. The van der Waals surface area contributed by atoms with E-state index in [2.05, 4.69) is 32.8 Å². The summed E-state index contributed by atoms with van der Waals surface area (Å²) in [5, 5.41) is 18.0. The number of anilines is 3. The fraction of sp³-hybridized carbons (Fsp3) is 0.214. The van der Waals surface area contributed by atoms with Gasteiger partial charge in [-0.25, -0.2) is 0 Å². The Morgan fingerprint density at radius 3 is 2.74 bits per heavy atom. The summed E-state index contributed by atoms with van der Waals surface area (Å²) in [6, 6.07) is 17.1. The number of carbonyl (C=O) groups excluding carboxylic acids is 2. The van der Waals surface area contributed by atoms with Crippen LogP contribution in [-0.2, 0) is 22.6 Å². The van der Waals surface area contributed by atoms with Gasteiger partial charge in [-0.15, -0.1) is 17.8 Å². The number of nitrogens with zero attached hydrogens (tertiary/aromatic N) is 3. The molecule has 1 aliphatic heterocycles. The van der Waals surface area contributed by atoms with E-state index in [1.165, 1.54) is 16.3 Å². The van der Waals surface area contributed by atoms with Crippen molar-refractivity contribution in [2.24, 2.45) is 0 Å². The number of hydrogen-bond acceptors (Lipinski definition) is 7. The van der Waals surface area contributed by atoms with Crippen molar-refractivity contribution in [3.05, 3.63) is 73.6 Å². The molecule has 38 heavy (non-hydrogen) atoms. The second kappa shape index (κ2) is 12.0. The zero-order valence-corrected chi connectivity index (χ0v) is 21.6. The van der Waals surface area contributed by atoms with Crippen molar-refractivity contribution in [2.45, 2.75) is 19.9 Å². The van der Waals surface area contributed by atoms with E-state index < -0.39 is 5.91 Å². The van der Waals surface area contributed by atoms with Crippen LogP contribution >= 0.6 is 11.3 Å². The third kappa shape index (κ3) is 5.77. The monoisotopic (exact) mass is 526 g/mol. The number of rotatable bonds is 8. The molecule has 0 spiro atoms. The first-order valence-electron chi connectivity index (χ1n) is 12.0. The zero-order valence-electron chi connectivity index (χ0n) is 20.8. The molecule has 0 radical (unpaired) electrons. The van der Waals surface area contributed by atoms with Gasteiger partial charge >= 0.3 is 0 Å². The average molecular weight is 527 g/mol. The molecule has 192 valence electrons. The number of carbonyl (C=O) groups is 2. The summed E-state index contributed by atoms with van der Waals surface area (Å²) in [6.45, 7) is 3.08. The Bertz CT molecular complexity index is 1640.